The normalized spacial score (nSPS) is 14.7. The predicted octanol–water partition coefficient (Wildman–Crippen LogP) is 3.01. The van der Waals surface area contributed by atoms with Gasteiger partial charge in [-0.25, -0.2) is 19.4 Å². The minimum absolute atomic E-state index is 0.00996. The Morgan fingerprint density at radius 3 is 2.67 bits per heavy atom. The number of aryl methyl sites for hydroxylation is 1. The molecule has 8 heteroatoms. The molecule has 0 radical (unpaired) electrons. The van der Waals surface area contributed by atoms with Crippen molar-refractivity contribution in [3.63, 3.8) is 0 Å². The van der Waals surface area contributed by atoms with Crippen LogP contribution in [0.2, 0.25) is 0 Å². The lowest BCUT2D eigenvalue weighted by atomic mass is 10.2. The van der Waals surface area contributed by atoms with E-state index in [1.165, 1.54) is 0 Å². The van der Waals surface area contributed by atoms with Crippen LogP contribution >= 0.6 is 0 Å². The first-order valence-corrected chi connectivity index (χ1v) is 10.8. The van der Waals surface area contributed by atoms with Gasteiger partial charge in [-0.2, -0.15) is 5.10 Å². The average Bonchev–Trinajstić information content (AvgIpc) is 3.03. The van der Waals surface area contributed by atoms with E-state index in [0.29, 0.717) is 13.1 Å². The molecule has 1 fully saturated rings. The van der Waals surface area contributed by atoms with Crippen molar-refractivity contribution < 1.29 is 4.79 Å². The Hall–Kier alpha value is -3.16. The second-order valence-electron chi connectivity index (χ2n) is 7.51. The fourth-order valence-electron chi connectivity index (χ4n) is 3.87. The molecule has 0 atom stereocenters. The number of para-hydroxylation sites is 1. The number of carbonyl (C=O) groups is 1. The summed E-state index contributed by atoms with van der Waals surface area (Å²) in [5.74, 6) is 1.76. The monoisotopic (exact) mass is 407 g/mol. The van der Waals surface area contributed by atoms with Crippen LogP contribution in [0.15, 0.2) is 36.5 Å². The van der Waals surface area contributed by atoms with Crippen LogP contribution in [0.5, 0.6) is 0 Å². The van der Waals surface area contributed by atoms with E-state index in [-0.39, 0.29) is 6.03 Å². The van der Waals surface area contributed by atoms with Crippen molar-refractivity contribution >= 4 is 22.9 Å². The van der Waals surface area contributed by atoms with Crippen molar-refractivity contribution in [2.45, 2.75) is 33.1 Å². The third-order valence-corrected chi connectivity index (χ3v) is 5.34. The van der Waals surface area contributed by atoms with E-state index in [0.717, 1.165) is 67.3 Å². The van der Waals surface area contributed by atoms with Crippen molar-refractivity contribution in [3.05, 3.63) is 42.4 Å². The Morgan fingerprint density at radius 2 is 1.90 bits per heavy atom. The predicted molar refractivity (Wildman–Crippen MR) is 118 cm³/mol. The average molecular weight is 408 g/mol. The lowest BCUT2D eigenvalue weighted by molar-refractivity contribution is 0.202. The second kappa shape index (κ2) is 9.11. The number of hydrogen-bond acceptors (Lipinski definition) is 5. The highest BCUT2D eigenvalue weighted by atomic mass is 16.2. The first-order valence-electron chi connectivity index (χ1n) is 10.8. The van der Waals surface area contributed by atoms with Crippen molar-refractivity contribution in [2.24, 2.45) is 0 Å². The highest BCUT2D eigenvalue weighted by Gasteiger charge is 2.23. The van der Waals surface area contributed by atoms with Crippen LogP contribution in [-0.4, -0.2) is 63.4 Å². The van der Waals surface area contributed by atoms with E-state index in [4.69, 9.17) is 9.97 Å². The summed E-state index contributed by atoms with van der Waals surface area (Å²) in [6, 6.07) is 10.1. The van der Waals surface area contributed by atoms with Crippen LogP contribution in [0.4, 0.5) is 10.6 Å². The number of nitrogens with zero attached hydrogens (tertiary/aromatic N) is 6. The fraction of sp³-hybridized carbons (Fsp3) is 0.455. The number of fused-ring (bicyclic) bond motifs is 1. The maximum atomic E-state index is 12.3. The first-order chi connectivity index (χ1) is 14.7. The first kappa shape index (κ1) is 20.1. The highest BCUT2D eigenvalue weighted by molar-refractivity contribution is 5.88. The van der Waals surface area contributed by atoms with Gasteiger partial charge in [-0.05, 0) is 31.9 Å². The molecule has 3 aromatic rings. The number of hydrogen-bond donors (Lipinski definition) is 1. The molecule has 0 aliphatic carbocycles. The summed E-state index contributed by atoms with van der Waals surface area (Å²) in [5.41, 5.74) is 1.82. The topological polar surface area (TPSA) is 79.2 Å². The molecule has 3 heterocycles. The molecule has 30 heavy (non-hydrogen) atoms. The van der Waals surface area contributed by atoms with E-state index in [1.807, 2.05) is 53.0 Å². The molecular weight excluding hydrogens is 378 g/mol. The lowest BCUT2D eigenvalue weighted by Gasteiger charge is -2.23. The van der Waals surface area contributed by atoms with Gasteiger partial charge in [0.2, 0.25) is 0 Å². The Balaban J connectivity index is 1.69. The Kier molecular flexibility index (Phi) is 6.11. The molecule has 1 aromatic carbocycles. The van der Waals surface area contributed by atoms with Crippen molar-refractivity contribution in [1.82, 2.24) is 30.0 Å². The van der Waals surface area contributed by atoms with Crippen LogP contribution in [0.3, 0.4) is 0 Å². The molecule has 2 amide bonds. The van der Waals surface area contributed by atoms with Gasteiger partial charge in [0, 0.05) is 39.1 Å². The van der Waals surface area contributed by atoms with Crippen molar-refractivity contribution in [3.8, 4) is 5.69 Å². The van der Waals surface area contributed by atoms with Crippen LogP contribution < -0.4 is 10.2 Å². The number of amides is 2. The van der Waals surface area contributed by atoms with Crippen molar-refractivity contribution in [1.29, 1.82) is 0 Å². The zero-order valence-corrected chi connectivity index (χ0v) is 17.7. The molecule has 0 unspecified atom stereocenters. The largest absolute Gasteiger partial charge is 0.354 e. The smallest absolute Gasteiger partial charge is 0.317 e. The summed E-state index contributed by atoms with van der Waals surface area (Å²) >= 11 is 0. The van der Waals surface area contributed by atoms with E-state index in [1.54, 1.807) is 0 Å². The Bertz CT molecular complexity index is 1000. The van der Waals surface area contributed by atoms with Gasteiger partial charge in [-0.1, -0.05) is 25.1 Å². The Labute approximate surface area is 176 Å². The molecule has 0 bridgehead atoms. The van der Waals surface area contributed by atoms with Gasteiger partial charge in [0.1, 0.15) is 11.6 Å². The van der Waals surface area contributed by atoms with Gasteiger partial charge in [-0.15, -0.1) is 0 Å². The van der Waals surface area contributed by atoms with Gasteiger partial charge >= 0.3 is 6.03 Å². The number of rotatable bonds is 5. The molecule has 1 aliphatic heterocycles. The summed E-state index contributed by atoms with van der Waals surface area (Å²) < 4.78 is 1.89. The van der Waals surface area contributed by atoms with Crippen LogP contribution in [0, 0.1) is 0 Å². The molecule has 8 nitrogen and oxygen atoms in total. The molecule has 0 saturated carbocycles. The summed E-state index contributed by atoms with van der Waals surface area (Å²) in [6.45, 7) is 7.74. The Morgan fingerprint density at radius 1 is 1.07 bits per heavy atom. The third kappa shape index (κ3) is 4.08. The number of benzene rings is 1. The summed E-state index contributed by atoms with van der Waals surface area (Å²) in [4.78, 5) is 26.2. The van der Waals surface area contributed by atoms with Gasteiger partial charge in [-0.3, -0.25) is 0 Å². The third-order valence-electron chi connectivity index (χ3n) is 5.34. The molecule has 158 valence electrons. The lowest BCUT2D eigenvalue weighted by Crippen LogP contribution is -2.42. The van der Waals surface area contributed by atoms with Crippen LogP contribution in [0.1, 0.15) is 32.5 Å². The molecule has 1 saturated heterocycles. The quantitative estimate of drug-likeness (QED) is 0.703. The number of nitrogens with one attached hydrogen (secondary N) is 1. The van der Waals surface area contributed by atoms with Gasteiger partial charge < -0.3 is 15.1 Å². The van der Waals surface area contributed by atoms with E-state index in [9.17, 15) is 4.79 Å². The number of aromatic nitrogens is 4. The number of anilines is 1. The highest BCUT2D eigenvalue weighted by Crippen LogP contribution is 2.27. The molecule has 0 spiro atoms. The van der Waals surface area contributed by atoms with E-state index >= 15 is 0 Å². The van der Waals surface area contributed by atoms with Crippen LogP contribution in [-0.2, 0) is 6.42 Å². The van der Waals surface area contributed by atoms with Crippen LogP contribution in [0.25, 0.3) is 16.7 Å². The van der Waals surface area contributed by atoms with Gasteiger partial charge in [0.05, 0.1) is 17.3 Å². The zero-order chi connectivity index (χ0) is 20.9. The molecule has 1 aliphatic rings. The zero-order valence-electron chi connectivity index (χ0n) is 17.7. The maximum absolute atomic E-state index is 12.3. The molecule has 1 N–H and O–H groups in total. The molecule has 2 aromatic heterocycles. The van der Waals surface area contributed by atoms with Gasteiger partial charge in [0.15, 0.2) is 5.65 Å². The van der Waals surface area contributed by atoms with E-state index < -0.39 is 0 Å². The van der Waals surface area contributed by atoms with E-state index in [2.05, 4.69) is 22.2 Å². The summed E-state index contributed by atoms with van der Waals surface area (Å²) in [6.07, 6.45) is 4.57. The number of carbonyl (C=O) groups excluding carboxylic acids is 1. The number of urea groups is 1. The fourth-order valence-corrected chi connectivity index (χ4v) is 3.87. The molecule has 4 rings (SSSR count). The summed E-state index contributed by atoms with van der Waals surface area (Å²) in [7, 11) is 0. The second-order valence-corrected chi connectivity index (χ2v) is 7.51. The minimum atomic E-state index is 0.00996. The standard InChI is InChI=1S/C22H29N7O/c1-3-9-19-25-20(27-12-8-13-28(15-14-27)22(30)23-4-2)18-16-24-29(21(18)26-19)17-10-6-5-7-11-17/h5-7,10-11,16H,3-4,8-9,12-15H2,1-2H3,(H,23,30). The SMILES string of the molecule is CCCc1nc(N2CCCN(C(=O)NCC)CC2)c2cnn(-c3ccccc3)c2n1. The maximum Gasteiger partial charge on any atom is 0.317 e. The molecular formula is C22H29N7O. The van der Waals surface area contributed by atoms with Crippen molar-refractivity contribution in [2.75, 3.05) is 37.6 Å². The minimum Gasteiger partial charge on any atom is -0.354 e. The summed E-state index contributed by atoms with van der Waals surface area (Å²) in [5, 5.41) is 8.48. The van der Waals surface area contributed by atoms with Gasteiger partial charge in [0.25, 0.3) is 0 Å².